The van der Waals surface area contributed by atoms with Gasteiger partial charge in [0.2, 0.25) is 0 Å². The van der Waals surface area contributed by atoms with Crippen LogP contribution in [0.1, 0.15) is 37.0 Å². The molecule has 1 atom stereocenters. The molecule has 100 valence electrons. The van der Waals surface area contributed by atoms with Crippen LogP contribution in [0.2, 0.25) is 0 Å². The molecule has 0 aliphatic carbocycles. The zero-order valence-electron chi connectivity index (χ0n) is 11.0. The van der Waals surface area contributed by atoms with Gasteiger partial charge in [-0.25, -0.2) is 0 Å². The molecule has 0 aliphatic heterocycles. The van der Waals surface area contributed by atoms with Gasteiger partial charge in [-0.15, -0.1) is 0 Å². The Morgan fingerprint density at radius 3 is 2.61 bits per heavy atom. The number of hydrogen-bond donors (Lipinski definition) is 3. The van der Waals surface area contributed by atoms with Gasteiger partial charge in [0, 0.05) is 17.8 Å². The summed E-state index contributed by atoms with van der Waals surface area (Å²) in [6.45, 7) is 4.36. The Balaban J connectivity index is 2.51. The molecule has 0 heterocycles. The van der Waals surface area contributed by atoms with E-state index in [1.807, 2.05) is 13.8 Å². The van der Waals surface area contributed by atoms with Crippen LogP contribution in [0.3, 0.4) is 0 Å². The molecule has 4 N–H and O–H groups in total. The Morgan fingerprint density at radius 2 is 2.06 bits per heavy atom. The van der Waals surface area contributed by atoms with Crippen LogP contribution < -0.4 is 11.1 Å². The van der Waals surface area contributed by atoms with Crippen molar-refractivity contribution >= 4 is 11.6 Å². The van der Waals surface area contributed by atoms with E-state index >= 15 is 0 Å². The third kappa shape index (κ3) is 4.04. The van der Waals surface area contributed by atoms with Crippen molar-refractivity contribution in [2.75, 3.05) is 12.3 Å². The van der Waals surface area contributed by atoms with Crippen LogP contribution in [0.5, 0.6) is 0 Å². The number of amides is 1. The number of nitrogens with one attached hydrogen (secondary N) is 1. The molecular formula is C14H22N2O2. The molecule has 18 heavy (non-hydrogen) atoms. The molecule has 0 aromatic heterocycles. The number of carbonyl (C=O) groups is 1. The second kappa shape index (κ2) is 7.01. The Bertz CT molecular complexity index is 389. The van der Waals surface area contributed by atoms with Gasteiger partial charge in [0.25, 0.3) is 5.91 Å². The fourth-order valence-electron chi connectivity index (χ4n) is 1.98. The number of nitrogens with two attached hydrogens (primary N) is 1. The van der Waals surface area contributed by atoms with Crippen molar-refractivity contribution in [3.63, 3.8) is 0 Å². The van der Waals surface area contributed by atoms with Crippen LogP contribution in [0, 0.1) is 5.92 Å². The van der Waals surface area contributed by atoms with E-state index in [9.17, 15) is 9.90 Å². The van der Waals surface area contributed by atoms with Gasteiger partial charge in [0.05, 0.1) is 6.10 Å². The van der Waals surface area contributed by atoms with E-state index in [2.05, 4.69) is 5.32 Å². The Morgan fingerprint density at radius 1 is 1.39 bits per heavy atom. The van der Waals surface area contributed by atoms with Crippen LogP contribution in [-0.4, -0.2) is 23.7 Å². The molecule has 1 unspecified atom stereocenters. The zero-order valence-corrected chi connectivity index (χ0v) is 11.0. The normalized spacial score (nSPS) is 12.4. The van der Waals surface area contributed by atoms with Crippen molar-refractivity contribution < 1.29 is 9.90 Å². The van der Waals surface area contributed by atoms with Crippen molar-refractivity contribution in [3.05, 3.63) is 29.8 Å². The highest BCUT2D eigenvalue weighted by Crippen LogP contribution is 2.12. The molecule has 0 spiro atoms. The lowest BCUT2D eigenvalue weighted by Crippen LogP contribution is -2.36. The number of carbonyl (C=O) groups excluding carboxylic acids is 1. The minimum absolute atomic E-state index is 0.202. The summed E-state index contributed by atoms with van der Waals surface area (Å²) in [4.78, 5) is 11.8. The lowest BCUT2D eigenvalue weighted by Gasteiger charge is -2.20. The molecule has 0 fully saturated rings. The third-order valence-electron chi connectivity index (χ3n) is 3.21. The third-order valence-corrected chi connectivity index (χ3v) is 3.21. The Kier molecular flexibility index (Phi) is 5.65. The summed E-state index contributed by atoms with van der Waals surface area (Å²) in [5.74, 6) is 0.0263. The highest BCUT2D eigenvalue weighted by atomic mass is 16.3. The standard InChI is InChI=1S/C14H22N2O2/c1-3-10(4-2)13(17)9-16-14(18)11-6-5-7-12(15)8-11/h5-8,10,13,17H,3-4,9,15H2,1-2H3,(H,16,18). The molecular weight excluding hydrogens is 228 g/mol. The second-order valence-electron chi connectivity index (χ2n) is 4.48. The Hall–Kier alpha value is -1.55. The molecule has 1 amide bonds. The minimum Gasteiger partial charge on any atom is -0.399 e. The molecule has 0 bridgehead atoms. The number of anilines is 1. The molecule has 0 radical (unpaired) electrons. The maximum Gasteiger partial charge on any atom is 0.251 e. The molecule has 1 aromatic carbocycles. The summed E-state index contributed by atoms with van der Waals surface area (Å²) < 4.78 is 0. The van der Waals surface area contributed by atoms with Crippen LogP contribution in [0.4, 0.5) is 5.69 Å². The van der Waals surface area contributed by atoms with Crippen LogP contribution in [0.25, 0.3) is 0 Å². The van der Waals surface area contributed by atoms with E-state index in [1.165, 1.54) is 0 Å². The summed E-state index contributed by atoms with van der Waals surface area (Å²) >= 11 is 0. The van der Waals surface area contributed by atoms with Crippen molar-refractivity contribution in [2.24, 2.45) is 5.92 Å². The molecule has 0 aliphatic rings. The fraction of sp³-hybridized carbons (Fsp3) is 0.500. The number of aliphatic hydroxyl groups excluding tert-OH is 1. The van der Waals surface area contributed by atoms with Crippen molar-refractivity contribution in [1.29, 1.82) is 0 Å². The van der Waals surface area contributed by atoms with E-state index in [0.717, 1.165) is 12.8 Å². The Labute approximate surface area is 108 Å². The lowest BCUT2D eigenvalue weighted by atomic mass is 9.96. The first-order valence-corrected chi connectivity index (χ1v) is 6.40. The van der Waals surface area contributed by atoms with Gasteiger partial charge in [-0.3, -0.25) is 4.79 Å². The van der Waals surface area contributed by atoms with Crippen LogP contribution in [-0.2, 0) is 0 Å². The molecule has 1 aromatic rings. The summed E-state index contributed by atoms with van der Waals surface area (Å²) in [6.07, 6.45) is 1.32. The number of rotatable bonds is 6. The van der Waals surface area contributed by atoms with Gasteiger partial charge in [0.1, 0.15) is 0 Å². The van der Waals surface area contributed by atoms with E-state index in [0.29, 0.717) is 11.3 Å². The quantitative estimate of drug-likeness (QED) is 0.674. The van der Waals surface area contributed by atoms with Gasteiger partial charge in [-0.2, -0.15) is 0 Å². The average molecular weight is 250 g/mol. The first-order chi connectivity index (χ1) is 8.58. The van der Waals surface area contributed by atoms with E-state index in [4.69, 9.17) is 5.73 Å². The van der Waals surface area contributed by atoms with E-state index < -0.39 is 6.10 Å². The molecule has 4 heteroatoms. The first-order valence-electron chi connectivity index (χ1n) is 6.40. The van der Waals surface area contributed by atoms with Gasteiger partial charge in [-0.1, -0.05) is 32.8 Å². The maximum atomic E-state index is 11.8. The largest absolute Gasteiger partial charge is 0.399 e. The highest BCUT2D eigenvalue weighted by Gasteiger charge is 2.16. The SMILES string of the molecule is CCC(CC)C(O)CNC(=O)c1cccc(N)c1. The number of benzene rings is 1. The summed E-state index contributed by atoms with van der Waals surface area (Å²) in [5.41, 5.74) is 6.69. The monoisotopic (exact) mass is 250 g/mol. The highest BCUT2D eigenvalue weighted by molar-refractivity contribution is 5.94. The average Bonchev–Trinajstić information content (AvgIpc) is 2.37. The molecule has 0 saturated heterocycles. The lowest BCUT2D eigenvalue weighted by molar-refractivity contribution is 0.0816. The minimum atomic E-state index is -0.495. The van der Waals surface area contributed by atoms with Crippen LogP contribution in [0.15, 0.2) is 24.3 Å². The number of nitrogen functional groups attached to an aromatic ring is 1. The zero-order chi connectivity index (χ0) is 13.5. The topological polar surface area (TPSA) is 75.3 Å². The van der Waals surface area contributed by atoms with Crippen molar-refractivity contribution in [3.8, 4) is 0 Å². The van der Waals surface area contributed by atoms with Gasteiger partial charge in [-0.05, 0) is 24.1 Å². The van der Waals surface area contributed by atoms with E-state index in [1.54, 1.807) is 24.3 Å². The molecule has 0 saturated carbocycles. The van der Waals surface area contributed by atoms with E-state index in [-0.39, 0.29) is 18.4 Å². The smallest absolute Gasteiger partial charge is 0.251 e. The first kappa shape index (κ1) is 14.5. The van der Waals surface area contributed by atoms with Crippen molar-refractivity contribution in [2.45, 2.75) is 32.8 Å². The van der Waals surface area contributed by atoms with Gasteiger partial charge in [0.15, 0.2) is 0 Å². The van der Waals surface area contributed by atoms with Crippen molar-refractivity contribution in [1.82, 2.24) is 5.32 Å². The summed E-state index contributed by atoms with van der Waals surface area (Å²) in [5, 5.41) is 12.7. The van der Waals surface area contributed by atoms with Gasteiger partial charge < -0.3 is 16.2 Å². The molecule has 1 rings (SSSR count). The predicted molar refractivity (Wildman–Crippen MR) is 73.3 cm³/mol. The fourth-order valence-corrected chi connectivity index (χ4v) is 1.98. The number of aliphatic hydroxyl groups is 1. The maximum absolute atomic E-state index is 11.8. The summed E-state index contributed by atoms with van der Waals surface area (Å²) in [7, 11) is 0. The number of hydrogen-bond acceptors (Lipinski definition) is 3. The second-order valence-corrected chi connectivity index (χ2v) is 4.48. The summed E-state index contributed by atoms with van der Waals surface area (Å²) in [6, 6.07) is 6.80. The molecule has 4 nitrogen and oxygen atoms in total. The van der Waals surface area contributed by atoms with Gasteiger partial charge >= 0.3 is 0 Å². The van der Waals surface area contributed by atoms with Crippen LogP contribution >= 0.6 is 0 Å². The predicted octanol–water partition coefficient (Wildman–Crippen LogP) is 1.80.